The molecule has 3 heteroatoms. The third kappa shape index (κ3) is 0.839. The van der Waals surface area contributed by atoms with E-state index in [1.807, 2.05) is 18.3 Å². The van der Waals surface area contributed by atoms with E-state index in [4.69, 9.17) is 0 Å². The lowest BCUT2D eigenvalue weighted by Crippen LogP contribution is -1.81. The Kier molecular flexibility index (Phi) is 1.16. The summed E-state index contributed by atoms with van der Waals surface area (Å²) in [7, 11) is 0. The number of hydrogen-bond donors (Lipinski definition) is 1. The maximum Gasteiger partial charge on any atom is 0.137 e. The van der Waals surface area contributed by atoms with Gasteiger partial charge in [0.15, 0.2) is 0 Å². The van der Waals surface area contributed by atoms with Crippen molar-refractivity contribution in [3.63, 3.8) is 0 Å². The molecule has 0 amide bonds. The minimum atomic E-state index is 0.917. The van der Waals surface area contributed by atoms with Crippen LogP contribution in [-0.4, -0.2) is 15.0 Å². The van der Waals surface area contributed by atoms with E-state index < -0.39 is 0 Å². The molecule has 3 aromatic rings. The van der Waals surface area contributed by atoms with Crippen molar-refractivity contribution in [2.45, 2.75) is 0 Å². The second-order valence-corrected chi connectivity index (χ2v) is 2.93. The zero-order chi connectivity index (χ0) is 8.67. The lowest BCUT2D eigenvalue weighted by molar-refractivity contribution is 1.31. The van der Waals surface area contributed by atoms with Crippen molar-refractivity contribution in [2.75, 3.05) is 0 Å². The quantitative estimate of drug-likeness (QED) is 0.560. The zero-order valence-electron chi connectivity index (χ0n) is 6.86. The number of aromatic amines is 1. The molecule has 1 N–H and O–H groups in total. The molecule has 3 rings (SSSR count). The molecule has 0 saturated heterocycles. The number of H-pyrrole nitrogens is 1. The maximum absolute atomic E-state index is 4.25. The standard InChI is InChI=1S/C10H7N3/c1-2-7-8-3-5-12-10(8)13-6-9(7)11-4-1/h1-6H,(H,12,13). The van der Waals surface area contributed by atoms with Crippen molar-refractivity contribution in [1.29, 1.82) is 0 Å². The van der Waals surface area contributed by atoms with Gasteiger partial charge < -0.3 is 4.98 Å². The van der Waals surface area contributed by atoms with Crippen LogP contribution in [0.3, 0.4) is 0 Å². The van der Waals surface area contributed by atoms with Gasteiger partial charge in [0, 0.05) is 23.2 Å². The first-order valence-corrected chi connectivity index (χ1v) is 4.12. The molecular formula is C10H7N3. The Balaban J connectivity index is 2.65. The van der Waals surface area contributed by atoms with Crippen LogP contribution in [-0.2, 0) is 0 Å². The molecule has 3 heterocycles. The molecule has 0 fully saturated rings. The minimum Gasteiger partial charge on any atom is -0.346 e. The summed E-state index contributed by atoms with van der Waals surface area (Å²) in [6.07, 6.45) is 5.46. The Morgan fingerprint density at radius 2 is 2.08 bits per heavy atom. The summed E-state index contributed by atoms with van der Waals surface area (Å²) in [5.74, 6) is 0. The van der Waals surface area contributed by atoms with Crippen LogP contribution in [0.25, 0.3) is 21.9 Å². The summed E-state index contributed by atoms with van der Waals surface area (Å²) in [5, 5.41) is 2.28. The Morgan fingerprint density at radius 3 is 3.08 bits per heavy atom. The van der Waals surface area contributed by atoms with E-state index in [2.05, 4.69) is 21.0 Å². The Hall–Kier alpha value is -1.90. The van der Waals surface area contributed by atoms with Crippen LogP contribution in [0.2, 0.25) is 0 Å². The van der Waals surface area contributed by atoms with Gasteiger partial charge in [-0.2, -0.15) is 0 Å². The van der Waals surface area contributed by atoms with Gasteiger partial charge in [0.2, 0.25) is 0 Å². The molecule has 0 aromatic carbocycles. The molecule has 3 aromatic heterocycles. The highest BCUT2D eigenvalue weighted by molar-refractivity contribution is 6.02. The fourth-order valence-electron chi connectivity index (χ4n) is 1.56. The van der Waals surface area contributed by atoms with Crippen LogP contribution in [0.5, 0.6) is 0 Å². The van der Waals surface area contributed by atoms with Crippen molar-refractivity contribution in [1.82, 2.24) is 15.0 Å². The third-order valence-electron chi connectivity index (χ3n) is 2.17. The Bertz CT molecular complexity index is 568. The molecule has 0 radical (unpaired) electrons. The van der Waals surface area contributed by atoms with E-state index in [0.29, 0.717) is 0 Å². The smallest absolute Gasteiger partial charge is 0.137 e. The average molecular weight is 169 g/mol. The minimum absolute atomic E-state index is 0.917. The summed E-state index contributed by atoms with van der Waals surface area (Å²) in [6.45, 7) is 0. The van der Waals surface area contributed by atoms with Gasteiger partial charge >= 0.3 is 0 Å². The molecule has 0 aliphatic carbocycles. The Labute approximate surface area is 74.4 Å². The summed E-state index contributed by atoms with van der Waals surface area (Å²) in [5.41, 5.74) is 1.86. The molecule has 13 heavy (non-hydrogen) atoms. The highest BCUT2D eigenvalue weighted by atomic mass is 14.8. The molecular weight excluding hydrogens is 162 g/mol. The second kappa shape index (κ2) is 2.29. The van der Waals surface area contributed by atoms with Crippen LogP contribution in [0, 0.1) is 0 Å². The van der Waals surface area contributed by atoms with Gasteiger partial charge in [-0.25, -0.2) is 4.98 Å². The average Bonchev–Trinajstić information content (AvgIpc) is 2.65. The van der Waals surface area contributed by atoms with Crippen molar-refractivity contribution >= 4 is 21.9 Å². The van der Waals surface area contributed by atoms with E-state index in [0.717, 1.165) is 21.9 Å². The monoisotopic (exact) mass is 169 g/mol. The van der Waals surface area contributed by atoms with Gasteiger partial charge in [-0.15, -0.1) is 0 Å². The summed E-state index contributed by atoms with van der Waals surface area (Å²) in [4.78, 5) is 11.6. The fraction of sp³-hybridized carbons (Fsp3) is 0. The third-order valence-corrected chi connectivity index (χ3v) is 2.17. The van der Waals surface area contributed by atoms with Gasteiger partial charge in [0.05, 0.1) is 11.7 Å². The number of pyridine rings is 2. The van der Waals surface area contributed by atoms with Gasteiger partial charge in [-0.3, -0.25) is 4.98 Å². The summed E-state index contributed by atoms with van der Waals surface area (Å²) in [6, 6.07) is 6.02. The SMILES string of the molecule is c1cnc2cnc3[nH]ccc3c2c1. The van der Waals surface area contributed by atoms with Crippen molar-refractivity contribution in [3.8, 4) is 0 Å². The number of fused-ring (bicyclic) bond motifs is 3. The van der Waals surface area contributed by atoms with Gasteiger partial charge in [-0.05, 0) is 12.1 Å². The molecule has 0 bridgehead atoms. The molecule has 0 atom stereocenters. The normalized spacial score (nSPS) is 11.1. The van der Waals surface area contributed by atoms with E-state index in [-0.39, 0.29) is 0 Å². The number of nitrogens with zero attached hydrogens (tertiary/aromatic N) is 2. The van der Waals surface area contributed by atoms with Gasteiger partial charge in [-0.1, -0.05) is 6.07 Å². The highest BCUT2D eigenvalue weighted by Gasteiger charge is 2.00. The molecule has 62 valence electrons. The fourth-order valence-corrected chi connectivity index (χ4v) is 1.56. The summed E-state index contributed by atoms with van der Waals surface area (Å²) >= 11 is 0. The molecule has 3 nitrogen and oxygen atoms in total. The first-order valence-electron chi connectivity index (χ1n) is 4.12. The summed E-state index contributed by atoms with van der Waals surface area (Å²) < 4.78 is 0. The number of rotatable bonds is 0. The van der Waals surface area contributed by atoms with Gasteiger partial charge in [0.1, 0.15) is 5.65 Å². The van der Waals surface area contributed by atoms with E-state index in [1.54, 1.807) is 12.4 Å². The molecule has 0 aliphatic rings. The number of nitrogens with one attached hydrogen (secondary N) is 1. The molecule has 0 saturated carbocycles. The second-order valence-electron chi connectivity index (χ2n) is 2.93. The number of aromatic nitrogens is 3. The largest absolute Gasteiger partial charge is 0.346 e. The van der Waals surface area contributed by atoms with E-state index >= 15 is 0 Å². The first-order chi connectivity index (χ1) is 6.45. The van der Waals surface area contributed by atoms with Crippen molar-refractivity contribution in [3.05, 3.63) is 36.8 Å². The lowest BCUT2D eigenvalue weighted by atomic mass is 10.2. The zero-order valence-corrected chi connectivity index (χ0v) is 6.86. The van der Waals surface area contributed by atoms with Crippen molar-refractivity contribution in [2.24, 2.45) is 0 Å². The van der Waals surface area contributed by atoms with Crippen LogP contribution >= 0.6 is 0 Å². The topological polar surface area (TPSA) is 41.6 Å². The molecule has 0 spiro atoms. The predicted molar refractivity (Wildman–Crippen MR) is 51.4 cm³/mol. The van der Waals surface area contributed by atoms with Crippen LogP contribution in [0.1, 0.15) is 0 Å². The lowest BCUT2D eigenvalue weighted by Gasteiger charge is -1.96. The number of hydrogen-bond acceptors (Lipinski definition) is 2. The highest BCUT2D eigenvalue weighted by Crippen LogP contribution is 2.20. The Morgan fingerprint density at radius 1 is 1.08 bits per heavy atom. The van der Waals surface area contributed by atoms with Crippen molar-refractivity contribution < 1.29 is 0 Å². The van der Waals surface area contributed by atoms with Crippen LogP contribution < -0.4 is 0 Å². The van der Waals surface area contributed by atoms with E-state index in [9.17, 15) is 0 Å². The van der Waals surface area contributed by atoms with Crippen LogP contribution in [0.4, 0.5) is 0 Å². The molecule has 0 unspecified atom stereocenters. The first kappa shape index (κ1) is 6.60. The predicted octanol–water partition coefficient (Wildman–Crippen LogP) is 2.11. The van der Waals surface area contributed by atoms with Crippen LogP contribution in [0.15, 0.2) is 36.8 Å². The van der Waals surface area contributed by atoms with Gasteiger partial charge in [0.25, 0.3) is 0 Å². The maximum atomic E-state index is 4.25. The molecule has 0 aliphatic heterocycles. The van der Waals surface area contributed by atoms with E-state index in [1.165, 1.54) is 0 Å².